The highest BCUT2D eigenvalue weighted by molar-refractivity contribution is 6.04. The molecule has 4 rings (SSSR count). The summed E-state index contributed by atoms with van der Waals surface area (Å²) in [5.41, 5.74) is 7.65. The number of hydrogen-bond donors (Lipinski definition) is 3. The summed E-state index contributed by atoms with van der Waals surface area (Å²) in [7, 11) is 1.93. The lowest BCUT2D eigenvalue weighted by molar-refractivity contribution is -0.123. The Balaban J connectivity index is 1.97. The predicted molar refractivity (Wildman–Crippen MR) is 110 cm³/mol. The first-order valence-corrected chi connectivity index (χ1v) is 9.70. The summed E-state index contributed by atoms with van der Waals surface area (Å²) >= 11 is 0. The predicted octanol–water partition coefficient (Wildman–Crippen LogP) is 1.93. The van der Waals surface area contributed by atoms with Crippen LogP contribution in [0, 0.1) is 6.92 Å². The van der Waals surface area contributed by atoms with Crippen molar-refractivity contribution in [1.29, 1.82) is 0 Å². The number of pyridine rings is 1. The molecular weight excluding hydrogens is 386 g/mol. The normalized spacial score (nSPS) is 18.0. The molecule has 30 heavy (non-hydrogen) atoms. The molecule has 1 aliphatic rings. The van der Waals surface area contributed by atoms with E-state index >= 15 is 0 Å². The van der Waals surface area contributed by atoms with Crippen molar-refractivity contribution in [2.45, 2.75) is 31.8 Å². The number of carbonyl (C=O) groups excluding carboxylic acids is 1. The topological polar surface area (TPSA) is 135 Å². The van der Waals surface area contributed by atoms with Gasteiger partial charge in [-0.25, -0.2) is 14.5 Å². The molecule has 2 aromatic heterocycles. The van der Waals surface area contributed by atoms with Crippen molar-refractivity contribution in [2.75, 3.05) is 13.6 Å². The molecule has 1 amide bonds. The number of aryl methyl sites for hydroxylation is 1. The number of phenols is 1. The molecule has 0 radical (unpaired) electrons. The number of aromatic hydroxyl groups is 1. The number of primary amides is 1. The maximum atomic E-state index is 12.5. The third kappa shape index (κ3) is 3.26. The number of carbonyl (C=O) groups is 2. The van der Waals surface area contributed by atoms with Gasteiger partial charge in [0.05, 0.1) is 22.3 Å². The number of nitrogens with zero attached hydrogens (tertiary/aromatic N) is 4. The first-order chi connectivity index (χ1) is 14.3. The Morgan fingerprint density at radius 3 is 2.53 bits per heavy atom. The van der Waals surface area contributed by atoms with Gasteiger partial charge in [0, 0.05) is 11.6 Å². The third-order valence-electron chi connectivity index (χ3n) is 5.73. The molecule has 3 heterocycles. The smallest absolute Gasteiger partial charge is 0.336 e. The number of aromatic carboxylic acids is 1. The number of fused-ring (bicyclic) bond motifs is 1. The van der Waals surface area contributed by atoms with Crippen LogP contribution in [-0.2, 0) is 4.79 Å². The third-order valence-corrected chi connectivity index (χ3v) is 5.73. The quantitative estimate of drug-likeness (QED) is 0.586. The Labute approximate surface area is 172 Å². The summed E-state index contributed by atoms with van der Waals surface area (Å²) in [6.07, 6.45) is 1.73. The SMILES string of the molecule is Cc1nn(C(C(N)=O)C2CCCN2C)c2nc(-c3ccc(O)cc3)cc(C(=O)O)c12. The molecule has 3 aromatic rings. The number of likely N-dealkylation sites (N-methyl/N-ethyl adjacent to an activating group) is 1. The molecule has 2 unspecified atom stereocenters. The first-order valence-electron chi connectivity index (χ1n) is 9.70. The molecule has 9 nitrogen and oxygen atoms in total. The summed E-state index contributed by atoms with van der Waals surface area (Å²) in [5.74, 6) is -1.55. The molecule has 0 bridgehead atoms. The second-order valence-electron chi connectivity index (χ2n) is 7.67. The van der Waals surface area contributed by atoms with Gasteiger partial charge in [0.25, 0.3) is 0 Å². The standard InChI is InChI=1S/C21H23N5O4/c1-11-17-14(21(29)30)10-15(12-5-7-13(27)8-6-12)23-20(17)26(24-11)18(19(22)28)16-4-3-9-25(16)2/h5-8,10,16,18,27H,3-4,9H2,1-2H3,(H2,22,28)(H,29,30). The van der Waals surface area contributed by atoms with Crippen LogP contribution in [-0.4, -0.2) is 61.4 Å². The molecule has 156 valence electrons. The van der Waals surface area contributed by atoms with Gasteiger partial charge in [0.2, 0.25) is 5.91 Å². The van der Waals surface area contributed by atoms with E-state index in [1.165, 1.54) is 22.9 Å². The second kappa shape index (κ2) is 7.42. The van der Waals surface area contributed by atoms with Crippen LogP contribution in [0.4, 0.5) is 0 Å². The highest BCUT2D eigenvalue weighted by atomic mass is 16.4. The van der Waals surface area contributed by atoms with Gasteiger partial charge in [-0.2, -0.15) is 5.10 Å². The highest BCUT2D eigenvalue weighted by Gasteiger charge is 2.37. The molecule has 1 aromatic carbocycles. The van der Waals surface area contributed by atoms with E-state index in [0.717, 1.165) is 19.4 Å². The minimum atomic E-state index is -1.11. The summed E-state index contributed by atoms with van der Waals surface area (Å²) < 4.78 is 1.48. The van der Waals surface area contributed by atoms with Crippen molar-refractivity contribution >= 4 is 22.9 Å². The van der Waals surface area contributed by atoms with E-state index < -0.39 is 17.9 Å². The molecule has 0 spiro atoms. The average molecular weight is 409 g/mol. The lowest BCUT2D eigenvalue weighted by Crippen LogP contribution is -2.42. The zero-order chi connectivity index (χ0) is 21.6. The van der Waals surface area contributed by atoms with Crippen molar-refractivity contribution < 1.29 is 19.8 Å². The van der Waals surface area contributed by atoms with Crippen molar-refractivity contribution in [1.82, 2.24) is 19.7 Å². The zero-order valence-corrected chi connectivity index (χ0v) is 16.7. The number of benzene rings is 1. The Hall–Kier alpha value is -3.46. The summed E-state index contributed by atoms with van der Waals surface area (Å²) in [5, 5.41) is 24.3. The molecule has 1 aliphatic heterocycles. The summed E-state index contributed by atoms with van der Waals surface area (Å²) in [4.78, 5) is 31.2. The van der Waals surface area contributed by atoms with Crippen molar-refractivity contribution in [3.05, 3.63) is 41.6 Å². The minimum Gasteiger partial charge on any atom is -0.508 e. The van der Waals surface area contributed by atoms with Gasteiger partial charge in [-0.15, -0.1) is 0 Å². The largest absolute Gasteiger partial charge is 0.508 e. The van der Waals surface area contributed by atoms with Crippen LogP contribution in [0.1, 0.15) is 34.9 Å². The summed E-state index contributed by atoms with van der Waals surface area (Å²) in [6, 6.07) is 6.89. The molecular formula is C21H23N5O4. The lowest BCUT2D eigenvalue weighted by atomic mass is 10.0. The fourth-order valence-electron chi connectivity index (χ4n) is 4.26. The van der Waals surface area contributed by atoms with E-state index in [9.17, 15) is 19.8 Å². The molecule has 1 saturated heterocycles. The number of carboxylic acid groups (broad SMARTS) is 1. The fourth-order valence-corrected chi connectivity index (χ4v) is 4.26. The van der Waals surface area contributed by atoms with Gasteiger partial charge in [-0.3, -0.25) is 4.79 Å². The average Bonchev–Trinajstić information content (AvgIpc) is 3.25. The first kappa shape index (κ1) is 19.8. The monoisotopic (exact) mass is 409 g/mol. The van der Waals surface area contributed by atoms with Crippen LogP contribution < -0.4 is 5.73 Å². The molecule has 2 atom stereocenters. The molecule has 0 aliphatic carbocycles. The number of likely N-dealkylation sites (tertiary alicyclic amines) is 1. The Bertz CT molecular complexity index is 1140. The van der Waals surface area contributed by atoms with E-state index in [1.807, 2.05) is 7.05 Å². The van der Waals surface area contributed by atoms with E-state index in [1.54, 1.807) is 19.1 Å². The Kier molecular flexibility index (Phi) is 4.90. The molecule has 0 saturated carbocycles. The second-order valence-corrected chi connectivity index (χ2v) is 7.67. The number of phenolic OH excluding ortho intramolecular Hbond substituents is 1. The van der Waals surface area contributed by atoms with Crippen LogP contribution >= 0.6 is 0 Å². The van der Waals surface area contributed by atoms with Gasteiger partial charge < -0.3 is 20.8 Å². The van der Waals surface area contributed by atoms with Crippen LogP contribution in [0.25, 0.3) is 22.3 Å². The van der Waals surface area contributed by atoms with Crippen molar-refractivity contribution in [3.63, 3.8) is 0 Å². The number of aromatic nitrogens is 3. The minimum absolute atomic E-state index is 0.0508. The molecule has 1 fully saturated rings. The van der Waals surface area contributed by atoms with Gasteiger partial charge in [0.1, 0.15) is 11.8 Å². The van der Waals surface area contributed by atoms with Crippen molar-refractivity contribution in [2.24, 2.45) is 5.73 Å². The number of hydrogen-bond acceptors (Lipinski definition) is 6. The van der Waals surface area contributed by atoms with E-state index in [4.69, 9.17) is 5.73 Å². The van der Waals surface area contributed by atoms with Gasteiger partial charge in [-0.05, 0) is 63.7 Å². The van der Waals surface area contributed by atoms with Gasteiger partial charge in [-0.1, -0.05) is 0 Å². The molecule has 4 N–H and O–H groups in total. The maximum absolute atomic E-state index is 12.5. The van der Waals surface area contributed by atoms with Crippen LogP contribution in [0.5, 0.6) is 5.75 Å². The van der Waals surface area contributed by atoms with Crippen LogP contribution in [0.3, 0.4) is 0 Å². The Morgan fingerprint density at radius 2 is 1.97 bits per heavy atom. The van der Waals surface area contributed by atoms with Gasteiger partial charge >= 0.3 is 5.97 Å². The van der Waals surface area contributed by atoms with Crippen LogP contribution in [0.2, 0.25) is 0 Å². The van der Waals surface area contributed by atoms with E-state index in [2.05, 4.69) is 15.0 Å². The number of nitrogens with two attached hydrogens (primary N) is 1. The lowest BCUT2D eigenvalue weighted by Gasteiger charge is -2.27. The van der Waals surface area contributed by atoms with E-state index in [0.29, 0.717) is 28.0 Å². The van der Waals surface area contributed by atoms with Crippen molar-refractivity contribution in [3.8, 4) is 17.0 Å². The zero-order valence-electron chi connectivity index (χ0n) is 16.7. The number of amides is 1. The van der Waals surface area contributed by atoms with Gasteiger partial charge in [0.15, 0.2) is 5.65 Å². The Morgan fingerprint density at radius 1 is 1.27 bits per heavy atom. The number of carboxylic acids is 1. The van der Waals surface area contributed by atoms with E-state index in [-0.39, 0.29) is 17.4 Å². The van der Waals surface area contributed by atoms with Crippen LogP contribution in [0.15, 0.2) is 30.3 Å². The highest BCUT2D eigenvalue weighted by Crippen LogP contribution is 2.32. The number of rotatable bonds is 5. The fraction of sp³-hybridized carbons (Fsp3) is 0.333. The maximum Gasteiger partial charge on any atom is 0.336 e. The molecule has 9 heteroatoms. The summed E-state index contributed by atoms with van der Waals surface area (Å²) in [6.45, 7) is 2.54.